The van der Waals surface area contributed by atoms with E-state index in [9.17, 15) is 4.79 Å². The SMILES string of the molecule is Cn1cnc2cc3c(=O)[nH]cnc3cc21. The molecule has 0 aliphatic carbocycles. The van der Waals surface area contributed by atoms with Crippen LogP contribution in [-0.2, 0) is 7.05 Å². The molecule has 1 aromatic carbocycles. The molecule has 5 heteroatoms. The van der Waals surface area contributed by atoms with Gasteiger partial charge < -0.3 is 9.55 Å². The summed E-state index contributed by atoms with van der Waals surface area (Å²) in [5, 5.41) is 0.573. The molecule has 0 saturated heterocycles. The Morgan fingerprint density at radius 2 is 2.13 bits per heavy atom. The molecular weight excluding hydrogens is 192 g/mol. The van der Waals surface area contributed by atoms with Gasteiger partial charge in [0.15, 0.2) is 0 Å². The average Bonchev–Trinajstić information content (AvgIpc) is 2.59. The quantitative estimate of drug-likeness (QED) is 0.584. The van der Waals surface area contributed by atoms with E-state index in [0.717, 1.165) is 11.0 Å². The van der Waals surface area contributed by atoms with Crippen LogP contribution in [0.2, 0.25) is 0 Å². The first kappa shape index (κ1) is 8.16. The highest BCUT2D eigenvalue weighted by atomic mass is 16.1. The number of H-pyrrole nitrogens is 1. The van der Waals surface area contributed by atoms with Crippen LogP contribution in [0.25, 0.3) is 21.9 Å². The number of benzene rings is 1. The molecule has 0 aliphatic heterocycles. The molecule has 74 valence electrons. The molecule has 2 heterocycles. The van der Waals surface area contributed by atoms with Crippen molar-refractivity contribution in [2.24, 2.45) is 7.05 Å². The van der Waals surface area contributed by atoms with E-state index in [1.54, 1.807) is 12.4 Å². The van der Waals surface area contributed by atoms with Gasteiger partial charge >= 0.3 is 0 Å². The van der Waals surface area contributed by atoms with Crippen molar-refractivity contribution >= 4 is 21.9 Å². The zero-order chi connectivity index (χ0) is 10.4. The van der Waals surface area contributed by atoms with Crippen LogP contribution in [-0.4, -0.2) is 19.5 Å². The number of rotatable bonds is 0. The van der Waals surface area contributed by atoms with Crippen LogP contribution in [0.3, 0.4) is 0 Å². The molecule has 5 nitrogen and oxygen atoms in total. The lowest BCUT2D eigenvalue weighted by Crippen LogP contribution is -2.05. The number of imidazole rings is 1. The summed E-state index contributed by atoms with van der Waals surface area (Å²) < 4.78 is 1.90. The van der Waals surface area contributed by atoms with E-state index in [4.69, 9.17) is 0 Å². The fourth-order valence-electron chi connectivity index (χ4n) is 1.69. The first-order valence-corrected chi connectivity index (χ1v) is 4.54. The van der Waals surface area contributed by atoms with Gasteiger partial charge in [-0.05, 0) is 12.1 Å². The van der Waals surface area contributed by atoms with Crippen LogP contribution in [0.4, 0.5) is 0 Å². The monoisotopic (exact) mass is 200 g/mol. The number of aromatic nitrogens is 4. The normalized spacial score (nSPS) is 11.3. The van der Waals surface area contributed by atoms with E-state index < -0.39 is 0 Å². The van der Waals surface area contributed by atoms with Gasteiger partial charge in [0.2, 0.25) is 0 Å². The van der Waals surface area contributed by atoms with Crippen molar-refractivity contribution in [2.75, 3.05) is 0 Å². The Kier molecular flexibility index (Phi) is 1.45. The minimum absolute atomic E-state index is 0.132. The first-order valence-electron chi connectivity index (χ1n) is 4.54. The number of fused-ring (bicyclic) bond motifs is 2. The molecule has 0 radical (unpaired) electrons. The standard InChI is InChI=1S/C10H8N4O/c1-14-5-13-8-2-6-7(3-9(8)14)11-4-12-10(6)15/h2-5H,1H3,(H,11,12,15). The van der Waals surface area contributed by atoms with Crippen molar-refractivity contribution in [1.82, 2.24) is 19.5 Å². The number of aromatic amines is 1. The first-order chi connectivity index (χ1) is 7.25. The van der Waals surface area contributed by atoms with Crippen LogP contribution in [0.1, 0.15) is 0 Å². The van der Waals surface area contributed by atoms with Gasteiger partial charge in [-0.15, -0.1) is 0 Å². The molecule has 0 aliphatic rings. The summed E-state index contributed by atoms with van der Waals surface area (Å²) in [6.45, 7) is 0. The van der Waals surface area contributed by atoms with Crippen LogP contribution >= 0.6 is 0 Å². The molecule has 0 atom stereocenters. The second-order valence-electron chi connectivity index (χ2n) is 3.45. The zero-order valence-corrected chi connectivity index (χ0v) is 8.06. The van der Waals surface area contributed by atoms with Gasteiger partial charge in [0, 0.05) is 7.05 Å². The highest BCUT2D eigenvalue weighted by Crippen LogP contribution is 2.16. The second kappa shape index (κ2) is 2.66. The molecule has 0 saturated carbocycles. The Morgan fingerprint density at radius 1 is 1.27 bits per heavy atom. The van der Waals surface area contributed by atoms with Crippen molar-refractivity contribution in [3.63, 3.8) is 0 Å². The van der Waals surface area contributed by atoms with Crippen LogP contribution < -0.4 is 5.56 Å². The van der Waals surface area contributed by atoms with Crippen molar-refractivity contribution in [1.29, 1.82) is 0 Å². The third-order valence-electron chi connectivity index (χ3n) is 2.49. The number of aryl methyl sites for hydroxylation is 1. The van der Waals surface area contributed by atoms with Crippen LogP contribution in [0, 0.1) is 0 Å². The van der Waals surface area contributed by atoms with Crippen LogP contribution in [0.15, 0.2) is 29.6 Å². The lowest BCUT2D eigenvalue weighted by Gasteiger charge is -1.97. The Bertz CT molecular complexity index is 710. The van der Waals surface area contributed by atoms with Crippen molar-refractivity contribution in [2.45, 2.75) is 0 Å². The molecule has 3 rings (SSSR count). The number of hydrogen-bond acceptors (Lipinski definition) is 3. The molecule has 2 aromatic heterocycles. The van der Waals surface area contributed by atoms with Crippen LogP contribution in [0.5, 0.6) is 0 Å². The topological polar surface area (TPSA) is 63.6 Å². The smallest absolute Gasteiger partial charge is 0.258 e. The maximum Gasteiger partial charge on any atom is 0.258 e. The summed E-state index contributed by atoms with van der Waals surface area (Å²) in [7, 11) is 1.91. The minimum atomic E-state index is -0.132. The lowest BCUT2D eigenvalue weighted by molar-refractivity contribution is 0.948. The number of nitrogens with one attached hydrogen (secondary N) is 1. The van der Waals surface area contributed by atoms with E-state index in [2.05, 4.69) is 15.0 Å². The molecule has 0 amide bonds. The minimum Gasteiger partial charge on any atom is -0.334 e. The predicted octanol–water partition coefficient (Wildman–Crippen LogP) is 0.810. The van der Waals surface area contributed by atoms with Gasteiger partial charge in [-0.2, -0.15) is 0 Å². The summed E-state index contributed by atoms with van der Waals surface area (Å²) in [5.41, 5.74) is 2.34. The molecule has 1 N–H and O–H groups in total. The Hall–Kier alpha value is -2.17. The Balaban J connectivity index is 2.61. The summed E-state index contributed by atoms with van der Waals surface area (Å²) in [6.07, 6.45) is 3.13. The van der Waals surface area contributed by atoms with Gasteiger partial charge in [0.25, 0.3) is 5.56 Å². The van der Waals surface area contributed by atoms with Gasteiger partial charge in [0.05, 0.1) is 34.6 Å². The average molecular weight is 200 g/mol. The van der Waals surface area contributed by atoms with E-state index >= 15 is 0 Å². The predicted molar refractivity (Wildman–Crippen MR) is 56.6 cm³/mol. The molecule has 15 heavy (non-hydrogen) atoms. The van der Waals surface area contributed by atoms with E-state index in [1.165, 1.54) is 6.33 Å². The largest absolute Gasteiger partial charge is 0.334 e. The summed E-state index contributed by atoms with van der Waals surface area (Å²) in [6, 6.07) is 3.63. The van der Waals surface area contributed by atoms with Crippen molar-refractivity contribution in [3.8, 4) is 0 Å². The molecular formula is C10H8N4O. The van der Waals surface area contributed by atoms with Gasteiger partial charge in [-0.3, -0.25) is 4.79 Å². The summed E-state index contributed by atoms with van der Waals surface area (Å²) >= 11 is 0. The van der Waals surface area contributed by atoms with Crippen molar-refractivity contribution < 1.29 is 0 Å². The number of nitrogens with zero attached hydrogens (tertiary/aromatic N) is 3. The highest BCUT2D eigenvalue weighted by molar-refractivity contribution is 5.92. The van der Waals surface area contributed by atoms with Gasteiger partial charge in [-0.25, -0.2) is 9.97 Å². The number of hydrogen-bond donors (Lipinski definition) is 1. The van der Waals surface area contributed by atoms with E-state index in [1.807, 2.05) is 17.7 Å². The molecule has 0 spiro atoms. The lowest BCUT2D eigenvalue weighted by atomic mass is 10.2. The summed E-state index contributed by atoms with van der Waals surface area (Å²) in [4.78, 5) is 22.4. The third kappa shape index (κ3) is 1.06. The maximum atomic E-state index is 11.5. The van der Waals surface area contributed by atoms with Crippen molar-refractivity contribution in [3.05, 3.63) is 35.1 Å². The molecule has 0 bridgehead atoms. The highest BCUT2D eigenvalue weighted by Gasteiger charge is 2.05. The fraction of sp³-hybridized carbons (Fsp3) is 0.100. The molecule has 0 fully saturated rings. The molecule has 3 aromatic rings. The van der Waals surface area contributed by atoms with Gasteiger partial charge in [-0.1, -0.05) is 0 Å². The zero-order valence-electron chi connectivity index (χ0n) is 8.06. The Labute approximate surface area is 84.4 Å². The fourth-order valence-corrected chi connectivity index (χ4v) is 1.69. The van der Waals surface area contributed by atoms with E-state index in [-0.39, 0.29) is 5.56 Å². The second-order valence-corrected chi connectivity index (χ2v) is 3.45. The molecule has 0 unspecified atom stereocenters. The Morgan fingerprint density at radius 3 is 3.00 bits per heavy atom. The third-order valence-corrected chi connectivity index (χ3v) is 2.49. The van der Waals surface area contributed by atoms with Gasteiger partial charge in [0.1, 0.15) is 0 Å². The maximum absolute atomic E-state index is 11.5. The summed E-state index contributed by atoms with van der Waals surface area (Å²) in [5.74, 6) is 0. The van der Waals surface area contributed by atoms with E-state index in [0.29, 0.717) is 10.9 Å².